The summed E-state index contributed by atoms with van der Waals surface area (Å²) in [5.41, 5.74) is 0. The number of carbonyl (C=O) groups is 4. The molecule has 1 aliphatic heterocycles. The Morgan fingerprint density at radius 2 is 1.64 bits per heavy atom. The van der Waals surface area contributed by atoms with Crippen LogP contribution in [0.2, 0.25) is 0 Å². The van der Waals surface area contributed by atoms with Gasteiger partial charge in [0, 0.05) is 26.2 Å². The van der Waals surface area contributed by atoms with Crippen molar-refractivity contribution in [3.8, 4) is 0 Å². The van der Waals surface area contributed by atoms with Crippen molar-refractivity contribution in [3.63, 3.8) is 0 Å². The van der Waals surface area contributed by atoms with Crippen LogP contribution in [0.4, 0.5) is 4.79 Å². The molecule has 1 unspecified atom stereocenters. The Hall–Kier alpha value is -2.20. The van der Waals surface area contributed by atoms with Crippen molar-refractivity contribution in [1.82, 2.24) is 20.9 Å². The lowest BCUT2D eigenvalue weighted by Gasteiger charge is -2.31. The first-order valence-corrected chi connectivity index (χ1v) is 13.8. The number of Topliss-reactive ketones (excluding diaryl/α,β-unsaturated/α-hetero) is 1. The van der Waals surface area contributed by atoms with E-state index in [1.54, 1.807) is 4.90 Å². The van der Waals surface area contributed by atoms with Gasteiger partial charge in [0.05, 0.1) is 19.8 Å². The molecule has 0 radical (unpaired) electrons. The summed E-state index contributed by atoms with van der Waals surface area (Å²) in [7, 11) is 0. The maximum atomic E-state index is 13.4. The van der Waals surface area contributed by atoms with Crippen LogP contribution in [0.3, 0.4) is 0 Å². The van der Waals surface area contributed by atoms with Crippen molar-refractivity contribution in [3.05, 3.63) is 0 Å². The minimum Gasteiger partial charge on any atom is -0.379 e. The summed E-state index contributed by atoms with van der Waals surface area (Å²) in [6.45, 7) is 6.64. The number of ether oxygens (including phenoxy) is 2. The van der Waals surface area contributed by atoms with Crippen molar-refractivity contribution in [2.75, 3.05) is 46.1 Å². The second kappa shape index (κ2) is 17.3. The van der Waals surface area contributed by atoms with Gasteiger partial charge in [-0.05, 0) is 25.2 Å². The third-order valence-electron chi connectivity index (χ3n) is 6.81. The van der Waals surface area contributed by atoms with Crippen molar-refractivity contribution in [2.45, 2.75) is 90.1 Å². The minimum absolute atomic E-state index is 0.0840. The largest absolute Gasteiger partial charge is 0.379 e. The Kier molecular flexibility index (Phi) is 14.4. The Morgan fingerprint density at radius 3 is 2.31 bits per heavy atom. The summed E-state index contributed by atoms with van der Waals surface area (Å²) in [4.78, 5) is 53.3. The molecule has 10 nitrogen and oxygen atoms in total. The number of rotatable bonds is 15. The molecule has 0 aromatic heterocycles. The second-order valence-corrected chi connectivity index (χ2v) is 9.80. The molecule has 1 aliphatic carbocycles. The predicted octanol–water partition coefficient (Wildman–Crippen LogP) is 2.15. The van der Waals surface area contributed by atoms with Crippen LogP contribution in [-0.2, 0) is 23.9 Å². The Labute approximate surface area is 215 Å². The van der Waals surface area contributed by atoms with E-state index in [4.69, 9.17) is 9.47 Å². The molecule has 0 aromatic carbocycles. The van der Waals surface area contributed by atoms with Gasteiger partial charge in [0.1, 0.15) is 12.1 Å². The molecule has 10 heteroatoms. The maximum Gasteiger partial charge on any atom is 0.318 e. The molecule has 36 heavy (non-hydrogen) atoms. The molecule has 2 fully saturated rings. The minimum atomic E-state index is -1.11. The van der Waals surface area contributed by atoms with Crippen LogP contribution in [0.25, 0.3) is 0 Å². The summed E-state index contributed by atoms with van der Waals surface area (Å²) in [6, 6.07) is -2.21. The van der Waals surface area contributed by atoms with E-state index in [1.807, 2.05) is 13.8 Å². The topological polar surface area (TPSA) is 126 Å². The zero-order valence-electron chi connectivity index (χ0n) is 22.1. The highest BCUT2D eigenvalue weighted by Crippen LogP contribution is 2.27. The van der Waals surface area contributed by atoms with Gasteiger partial charge in [-0.3, -0.25) is 14.4 Å². The van der Waals surface area contributed by atoms with Crippen LogP contribution in [0.15, 0.2) is 0 Å². The first-order chi connectivity index (χ1) is 17.5. The lowest BCUT2D eigenvalue weighted by Crippen LogP contribution is -2.58. The molecule has 2 rings (SSSR count). The van der Waals surface area contributed by atoms with E-state index in [2.05, 4.69) is 16.0 Å². The van der Waals surface area contributed by atoms with Crippen molar-refractivity contribution in [1.29, 1.82) is 0 Å². The number of carbonyl (C=O) groups excluding carboxylic acids is 4. The number of ketones is 1. The summed E-state index contributed by atoms with van der Waals surface area (Å²) in [6.07, 6.45) is 9.34. The number of unbranched alkanes of at least 4 members (excludes halogenated alkanes) is 2. The molecule has 0 spiro atoms. The Morgan fingerprint density at radius 1 is 0.944 bits per heavy atom. The molecule has 2 atom stereocenters. The van der Waals surface area contributed by atoms with E-state index < -0.39 is 29.7 Å². The van der Waals surface area contributed by atoms with Gasteiger partial charge in [-0.1, -0.05) is 58.8 Å². The molecular weight excluding hydrogens is 464 g/mol. The fraction of sp³-hybridized carbons (Fsp3) is 0.846. The number of morpholine rings is 1. The monoisotopic (exact) mass is 510 g/mol. The molecule has 206 valence electrons. The van der Waals surface area contributed by atoms with E-state index >= 15 is 0 Å². The van der Waals surface area contributed by atoms with Crippen LogP contribution in [-0.4, -0.2) is 86.7 Å². The summed E-state index contributed by atoms with van der Waals surface area (Å²) in [5, 5.41) is 8.25. The van der Waals surface area contributed by atoms with Crippen LogP contribution >= 0.6 is 0 Å². The van der Waals surface area contributed by atoms with Crippen molar-refractivity contribution >= 4 is 23.6 Å². The Bertz CT molecular complexity index is 692. The highest BCUT2D eigenvalue weighted by atomic mass is 16.5. The van der Waals surface area contributed by atoms with Gasteiger partial charge >= 0.3 is 6.03 Å². The lowest BCUT2D eigenvalue weighted by molar-refractivity contribution is -0.141. The molecule has 1 saturated carbocycles. The fourth-order valence-electron chi connectivity index (χ4n) is 4.52. The summed E-state index contributed by atoms with van der Waals surface area (Å²) in [5.74, 6) is -1.59. The third-order valence-corrected chi connectivity index (χ3v) is 6.81. The van der Waals surface area contributed by atoms with Crippen LogP contribution in [0.1, 0.15) is 78.1 Å². The summed E-state index contributed by atoms with van der Waals surface area (Å²) >= 11 is 0. The van der Waals surface area contributed by atoms with Gasteiger partial charge in [-0.2, -0.15) is 0 Å². The molecule has 1 heterocycles. The molecule has 0 bridgehead atoms. The second-order valence-electron chi connectivity index (χ2n) is 9.80. The first kappa shape index (κ1) is 30.0. The smallest absolute Gasteiger partial charge is 0.318 e. The van der Waals surface area contributed by atoms with Gasteiger partial charge in [-0.25, -0.2) is 4.79 Å². The zero-order valence-corrected chi connectivity index (χ0v) is 22.1. The van der Waals surface area contributed by atoms with E-state index in [9.17, 15) is 19.2 Å². The van der Waals surface area contributed by atoms with Gasteiger partial charge in [-0.15, -0.1) is 0 Å². The van der Waals surface area contributed by atoms with Crippen LogP contribution < -0.4 is 16.0 Å². The molecule has 1 saturated heterocycles. The predicted molar refractivity (Wildman–Crippen MR) is 136 cm³/mol. The van der Waals surface area contributed by atoms with E-state index in [0.717, 1.165) is 51.4 Å². The standard InChI is InChI=1S/C26H46N4O6/c1-3-5-12-27-25(33)23(31)22(19-36-15-6-4-2)28-24(32)21(18-20-10-8-7-9-11-20)29-26(34)30-13-16-35-17-14-30/h20-22H,3-19H2,1-2H3,(H,27,33)(H,28,32)(H,29,34)/t21-,22?/m0/s1. The van der Waals surface area contributed by atoms with E-state index in [1.165, 1.54) is 6.42 Å². The number of urea groups is 1. The summed E-state index contributed by atoms with van der Waals surface area (Å²) < 4.78 is 10.9. The first-order valence-electron chi connectivity index (χ1n) is 13.8. The van der Waals surface area contributed by atoms with Gasteiger partial charge in [0.2, 0.25) is 11.7 Å². The third kappa shape index (κ3) is 10.8. The van der Waals surface area contributed by atoms with Crippen molar-refractivity contribution in [2.24, 2.45) is 5.92 Å². The molecule has 3 N–H and O–H groups in total. The molecule has 0 aromatic rings. The quantitative estimate of drug-likeness (QED) is 0.229. The van der Waals surface area contributed by atoms with E-state index in [-0.39, 0.29) is 12.6 Å². The van der Waals surface area contributed by atoms with E-state index in [0.29, 0.717) is 51.8 Å². The maximum absolute atomic E-state index is 13.4. The highest BCUT2D eigenvalue weighted by molar-refractivity contribution is 6.38. The zero-order chi connectivity index (χ0) is 26.2. The van der Waals surface area contributed by atoms with Gasteiger partial charge in [0.15, 0.2) is 0 Å². The lowest BCUT2D eigenvalue weighted by atomic mass is 9.84. The molecular formula is C26H46N4O6. The average molecular weight is 511 g/mol. The number of hydrogen-bond acceptors (Lipinski definition) is 6. The SMILES string of the molecule is CCCCNC(=O)C(=O)C(COCCCC)NC(=O)[C@H](CC1CCCCC1)NC(=O)N1CCOCC1. The normalized spacial score (nSPS) is 18.2. The number of nitrogens with one attached hydrogen (secondary N) is 3. The van der Waals surface area contributed by atoms with Gasteiger partial charge < -0.3 is 30.3 Å². The number of amides is 4. The Balaban J connectivity index is 2.08. The molecule has 4 amide bonds. The highest BCUT2D eigenvalue weighted by Gasteiger charge is 2.33. The van der Waals surface area contributed by atoms with Crippen LogP contribution in [0.5, 0.6) is 0 Å². The fourth-order valence-corrected chi connectivity index (χ4v) is 4.52. The molecule has 2 aliphatic rings. The van der Waals surface area contributed by atoms with Crippen molar-refractivity contribution < 1.29 is 28.7 Å². The number of hydrogen-bond donors (Lipinski definition) is 3. The van der Waals surface area contributed by atoms with Crippen LogP contribution in [0, 0.1) is 5.92 Å². The average Bonchev–Trinajstić information content (AvgIpc) is 2.90. The van der Waals surface area contributed by atoms with Gasteiger partial charge in [0.25, 0.3) is 5.91 Å². The number of nitrogens with zero attached hydrogens (tertiary/aromatic N) is 1.